The molecule has 3 rings (SSSR count). The summed E-state index contributed by atoms with van der Waals surface area (Å²) >= 11 is 0. The van der Waals surface area contributed by atoms with Crippen LogP contribution >= 0.6 is 0 Å². The Bertz CT molecular complexity index is 1180. The van der Waals surface area contributed by atoms with Gasteiger partial charge in [0.25, 0.3) is 5.56 Å². The number of carbonyl (C=O) groups is 1. The summed E-state index contributed by atoms with van der Waals surface area (Å²) in [5.74, 6) is 4.85. The number of rotatable bonds is 8. The van der Waals surface area contributed by atoms with Gasteiger partial charge in [-0.15, -0.1) is 0 Å². The molecule has 1 atom stereocenters. The van der Waals surface area contributed by atoms with Gasteiger partial charge in [0.1, 0.15) is 5.82 Å². The summed E-state index contributed by atoms with van der Waals surface area (Å²) in [6.07, 6.45) is 0.271. The van der Waals surface area contributed by atoms with Gasteiger partial charge in [0.05, 0.1) is 17.5 Å². The van der Waals surface area contributed by atoms with Crippen LogP contribution in [0.15, 0.2) is 15.7 Å². The third kappa shape index (κ3) is 4.18. The number of carboxylic acid groups (broad SMARTS) is 1. The van der Waals surface area contributed by atoms with E-state index in [0.29, 0.717) is 10.2 Å². The molecule has 1 amide bonds. The Morgan fingerprint density at radius 3 is 2.65 bits per heavy atom. The van der Waals surface area contributed by atoms with Gasteiger partial charge in [-0.25, -0.2) is 14.0 Å². The van der Waals surface area contributed by atoms with Crippen molar-refractivity contribution in [2.24, 2.45) is 5.41 Å². The molecule has 0 saturated heterocycles. The molecule has 1 aliphatic rings. The minimum absolute atomic E-state index is 0.00251. The zero-order chi connectivity index (χ0) is 23.1. The summed E-state index contributed by atoms with van der Waals surface area (Å²) in [5, 5.41) is 19.8. The second kappa shape index (κ2) is 8.14. The first-order valence-electron chi connectivity index (χ1n) is 9.79. The number of methoxy groups -OCH3 is 1. The second-order valence-electron chi connectivity index (χ2n) is 8.37. The number of benzene rings is 1. The smallest absolute Gasteiger partial charge is 0.404 e. The summed E-state index contributed by atoms with van der Waals surface area (Å²) in [6.45, 7) is 3.42. The highest BCUT2D eigenvalue weighted by Crippen LogP contribution is 2.37. The van der Waals surface area contributed by atoms with Crippen molar-refractivity contribution in [3.63, 3.8) is 0 Å². The number of halogens is 1. The average Bonchev–Trinajstić information content (AvgIpc) is 3.51. The van der Waals surface area contributed by atoms with Crippen LogP contribution < -0.4 is 22.4 Å². The lowest BCUT2D eigenvalue weighted by atomic mass is 9.82. The quantitative estimate of drug-likeness (QED) is 0.363. The number of nitrogens with two attached hydrogens (primary N) is 1. The Morgan fingerprint density at radius 1 is 1.45 bits per heavy atom. The van der Waals surface area contributed by atoms with Gasteiger partial charge in [0, 0.05) is 36.4 Å². The molecule has 1 aromatic heterocycles. The predicted molar refractivity (Wildman–Crippen MR) is 113 cm³/mol. The van der Waals surface area contributed by atoms with Crippen LogP contribution in [0.3, 0.4) is 0 Å². The van der Waals surface area contributed by atoms with E-state index in [1.165, 1.54) is 11.7 Å². The van der Waals surface area contributed by atoms with Gasteiger partial charge in [-0.05, 0) is 37.8 Å². The van der Waals surface area contributed by atoms with Crippen molar-refractivity contribution in [3.8, 4) is 0 Å². The molecule has 1 fully saturated rings. The number of aromatic nitrogens is 2. The third-order valence-electron chi connectivity index (χ3n) is 5.57. The number of fused-ring (bicyclic) bond motifs is 1. The zero-order valence-corrected chi connectivity index (χ0v) is 17.6. The number of hydrogen-bond donors (Lipinski definition) is 4. The van der Waals surface area contributed by atoms with Gasteiger partial charge in [0.15, 0.2) is 0 Å². The molecule has 1 unspecified atom stereocenters. The Hall–Kier alpha value is -3.21. The van der Waals surface area contributed by atoms with Crippen molar-refractivity contribution < 1.29 is 19.0 Å². The van der Waals surface area contributed by atoms with Gasteiger partial charge in [-0.2, -0.15) is 4.68 Å². The summed E-state index contributed by atoms with van der Waals surface area (Å²) in [5.41, 5.74) is -1.82. The van der Waals surface area contributed by atoms with Crippen molar-refractivity contribution in [2.75, 3.05) is 26.1 Å². The van der Waals surface area contributed by atoms with Crippen LogP contribution in [0, 0.1) is 23.6 Å². The molecule has 0 spiro atoms. The van der Waals surface area contributed by atoms with E-state index in [2.05, 4.69) is 5.32 Å². The lowest BCUT2D eigenvalue weighted by Gasteiger charge is -2.29. The first kappa shape index (κ1) is 22.5. The van der Waals surface area contributed by atoms with E-state index >= 15 is 4.39 Å². The van der Waals surface area contributed by atoms with E-state index in [0.717, 1.165) is 18.9 Å². The fraction of sp³-hybridized carbons (Fsp3) is 0.500. The van der Waals surface area contributed by atoms with E-state index in [4.69, 9.17) is 21.1 Å². The molecule has 0 radical (unpaired) electrons. The summed E-state index contributed by atoms with van der Waals surface area (Å²) < 4.78 is 22.2. The van der Waals surface area contributed by atoms with Gasteiger partial charge < -0.3 is 26.4 Å². The molecule has 31 heavy (non-hydrogen) atoms. The molecule has 10 nitrogen and oxygen atoms in total. The molecule has 5 N–H and O–H groups in total. The van der Waals surface area contributed by atoms with E-state index in [9.17, 15) is 14.4 Å². The number of nitrogen functional groups attached to an aromatic ring is 1. The van der Waals surface area contributed by atoms with E-state index in [1.807, 2.05) is 0 Å². The third-order valence-corrected chi connectivity index (χ3v) is 5.57. The molecular formula is C20H26FN5O5. The van der Waals surface area contributed by atoms with E-state index in [1.54, 1.807) is 13.8 Å². The maximum Gasteiger partial charge on any atom is 0.404 e. The topological polar surface area (TPSA) is 152 Å². The SMILES string of the molecule is COCC(C)(CNC(=O)O)CC(=N)c1c(F)cc2c(=O)n(N)c(=O)n(C3CC3)c2c1C. The lowest BCUT2D eigenvalue weighted by molar-refractivity contribution is 0.0945. The molecular weight excluding hydrogens is 409 g/mol. The highest BCUT2D eigenvalue weighted by atomic mass is 19.1. The lowest BCUT2D eigenvalue weighted by Crippen LogP contribution is -2.45. The molecule has 2 aromatic rings. The summed E-state index contributed by atoms with van der Waals surface area (Å²) in [7, 11) is 1.46. The summed E-state index contributed by atoms with van der Waals surface area (Å²) in [4.78, 5) is 36.1. The minimum atomic E-state index is -1.21. The molecule has 11 heteroatoms. The zero-order valence-electron chi connectivity index (χ0n) is 17.6. The Labute approximate surface area is 176 Å². The first-order chi connectivity index (χ1) is 14.5. The molecule has 168 valence electrons. The molecule has 1 aromatic carbocycles. The van der Waals surface area contributed by atoms with E-state index < -0.39 is 28.6 Å². The van der Waals surface area contributed by atoms with Gasteiger partial charge in [-0.1, -0.05) is 6.92 Å². The van der Waals surface area contributed by atoms with Crippen LogP contribution in [-0.4, -0.2) is 46.4 Å². The Morgan fingerprint density at radius 2 is 2.10 bits per heavy atom. The summed E-state index contributed by atoms with van der Waals surface area (Å²) in [6, 6.07) is 0.884. The fourth-order valence-electron chi connectivity index (χ4n) is 4.03. The molecule has 0 aliphatic heterocycles. The van der Waals surface area contributed by atoms with Crippen LogP contribution in [-0.2, 0) is 4.74 Å². The molecule has 1 saturated carbocycles. The first-order valence-corrected chi connectivity index (χ1v) is 9.79. The largest absolute Gasteiger partial charge is 0.465 e. The maximum atomic E-state index is 15.1. The molecule has 1 aliphatic carbocycles. The Kier molecular flexibility index (Phi) is 5.90. The predicted octanol–water partition coefficient (Wildman–Crippen LogP) is 1.34. The van der Waals surface area contributed by atoms with Gasteiger partial charge in [-0.3, -0.25) is 9.36 Å². The van der Waals surface area contributed by atoms with E-state index in [-0.39, 0.29) is 47.8 Å². The highest BCUT2D eigenvalue weighted by Gasteiger charge is 2.32. The van der Waals surface area contributed by atoms with Gasteiger partial charge >= 0.3 is 11.8 Å². The molecule has 1 heterocycles. The monoisotopic (exact) mass is 435 g/mol. The van der Waals surface area contributed by atoms with Gasteiger partial charge in [0.2, 0.25) is 0 Å². The Balaban J connectivity index is 2.14. The van der Waals surface area contributed by atoms with Crippen LogP contribution in [0.2, 0.25) is 0 Å². The second-order valence-corrected chi connectivity index (χ2v) is 8.37. The maximum absolute atomic E-state index is 15.1. The number of ether oxygens (including phenoxy) is 1. The number of hydrogen-bond acceptors (Lipinski definition) is 6. The van der Waals surface area contributed by atoms with Crippen LogP contribution in [0.1, 0.15) is 43.4 Å². The van der Waals surface area contributed by atoms with Crippen molar-refractivity contribution >= 4 is 22.7 Å². The number of nitrogens with zero attached hydrogens (tertiary/aromatic N) is 2. The standard InChI is InChI=1S/C20H26FN5O5/c1-10-15(14(22)7-20(2,9-31-3)8-24-18(28)29)13(21)6-12-16(10)25(11-4-5-11)19(30)26(23)17(12)27/h6,11,22,24H,4-5,7-9,23H2,1-3H3,(H,28,29). The number of nitrogens with one attached hydrogen (secondary N) is 2. The highest BCUT2D eigenvalue weighted by molar-refractivity contribution is 6.04. The van der Waals surface area contributed by atoms with Crippen LogP contribution in [0.5, 0.6) is 0 Å². The normalized spacial score (nSPS) is 15.6. The fourth-order valence-corrected chi connectivity index (χ4v) is 4.03. The molecule has 0 bridgehead atoms. The van der Waals surface area contributed by atoms with Crippen molar-refractivity contribution in [2.45, 2.75) is 39.2 Å². The van der Waals surface area contributed by atoms with Crippen LogP contribution in [0.25, 0.3) is 10.9 Å². The minimum Gasteiger partial charge on any atom is -0.465 e. The van der Waals surface area contributed by atoms with Crippen molar-refractivity contribution in [3.05, 3.63) is 43.8 Å². The number of amides is 1. The number of aryl methyl sites for hydroxylation is 1. The van der Waals surface area contributed by atoms with Crippen molar-refractivity contribution in [1.82, 2.24) is 14.6 Å². The van der Waals surface area contributed by atoms with Crippen LogP contribution in [0.4, 0.5) is 9.18 Å². The van der Waals surface area contributed by atoms with Crippen molar-refractivity contribution in [1.29, 1.82) is 5.41 Å². The average molecular weight is 435 g/mol.